The summed E-state index contributed by atoms with van der Waals surface area (Å²) in [6.07, 6.45) is 1.78. The lowest BCUT2D eigenvalue weighted by molar-refractivity contribution is 0.471. The summed E-state index contributed by atoms with van der Waals surface area (Å²) in [5.41, 5.74) is 1.02. The van der Waals surface area contributed by atoms with Gasteiger partial charge >= 0.3 is 0 Å². The number of H-pyrrole nitrogens is 1. The van der Waals surface area contributed by atoms with Crippen LogP contribution in [0.4, 0.5) is 4.39 Å². The van der Waals surface area contributed by atoms with Crippen LogP contribution in [0.5, 0.6) is 5.75 Å². The van der Waals surface area contributed by atoms with Gasteiger partial charge in [-0.3, -0.25) is 0 Å². The zero-order chi connectivity index (χ0) is 10.1. The van der Waals surface area contributed by atoms with Gasteiger partial charge in [-0.1, -0.05) is 0 Å². The van der Waals surface area contributed by atoms with E-state index in [1.54, 1.807) is 6.20 Å². The van der Waals surface area contributed by atoms with Crippen molar-refractivity contribution in [3.05, 3.63) is 29.7 Å². The number of phenols is 1. The average Bonchev–Trinajstić information content (AvgIpc) is 2.49. The van der Waals surface area contributed by atoms with E-state index in [4.69, 9.17) is 5.26 Å². The van der Waals surface area contributed by atoms with Crippen LogP contribution in [0.15, 0.2) is 18.3 Å². The number of benzene rings is 1. The normalized spacial score (nSPS) is 10.3. The molecule has 14 heavy (non-hydrogen) atoms. The van der Waals surface area contributed by atoms with Gasteiger partial charge in [0, 0.05) is 17.6 Å². The second kappa shape index (κ2) is 3.04. The standard InChI is InChI=1S/C10H7FN2O/c11-9-4-7(14)3-8-6(1-2-12)5-13-10(8)9/h3-5,13-14H,1H2. The summed E-state index contributed by atoms with van der Waals surface area (Å²) < 4.78 is 13.2. The molecule has 0 unspecified atom stereocenters. The fourth-order valence-corrected chi connectivity index (χ4v) is 1.46. The predicted molar refractivity (Wildman–Crippen MR) is 49.2 cm³/mol. The van der Waals surface area contributed by atoms with E-state index in [9.17, 15) is 9.50 Å². The van der Waals surface area contributed by atoms with E-state index in [1.807, 2.05) is 6.07 Å². The summed E-state index contributed by atoms with van der Waals surface area (Å²) in [6, 6.07) is 4.46. The van der Waals surface area contributed by atoms with Crippen molar-refractivity contribution in [1.29, 1.82) is 5.26 Å². The summed E-state index contributed by atoms with van der Waals surface area (Å²) in [5, 5.41) is 18.3. The highest BCUT2D eigenvalue weighted by Crippen LogP contribution is 2.25. The van der Waals surface area contributed by atoms with Crippen LogP contribution < -0.4 is 0 Å². The smallest absolute Gasteiger partial charge is 0.150 e. The van der Waals surface area contributed by atoms with Gasteiger partial charge in [-0.2, -0.15) is 5.26 Å². The molecule has 0 saturated heterocycles. The lowest BCUT2D eigenvalue weighted by Crippen LogP contribution is -1.80. The largest absolute Gasteiger partial charge is 0.508 e. The van der Waals surface area contributed by atoms with Crippen molar-refractivity contribution in [3.63, 3.8) is 0 Å². The van der Waals surface area contributed by atoms with Crippen LogP contribution in [-0.2, 0) is 6.42 Å². The zero-order valence-electron chi connectivity index (χ0n) is 7.21. The number of fused-ring (bicyclic) bond motifs is 1. The van der Waals surface area contributed by atoms with Crippen molar-refractivity contribution in [1.82, 2.24) is 4.98 Å². The SMILES string of the molecule is N#CCc1c[nH]c2c(F)cc(O)cc12. The Morgan fingerprint density at radius 3 is 3.00 bits per heavy atom. The number of phenolic OH excluding ortho intramolecular Hbond substituents is 1. The molecule has 1 aromatic heterocycles. The third kappa shape index (κ3) is 1.19. The van der Waals surface area contributed by atoms with Gasteiger partial charge in [-0.15, -0.1) is 0 Å². The first-order valence-corrected chi connectivity index (χ1v) is 4.08. The number of aromatic hydroxyl groups is 1. The van der Waals surface area contributed by atoms with Crippen molar-refractivity contribution < 1.29 is 9.50 Å². The zero-order valence-corrected chi connectivity index (χ0v) is 7.21. The molecule has 0 aliphatic carbocycles. The maximum Gasteiger partial charge on any atom is 0.150 e. The third-order valence-electron chi connectivity index (χ3n) is 2.08. The van der Waals surface area contributed by atoms with Crippen molar-refractivity contribution in [2.75, 3.05) is 0 Å². The van der Waals surface area contributed by atoms with Crippen LogP contribution in [0.25, 0.3) is 10.9 Å². The highest BCUT2D eigenvalue weighted by molar-refractivity contribution is 5.85. The molecule has 0 aliphatic heterocycles. The van der Waals surface area contributed by atoms with Gasteiger partial charge in [-0.25, -0.2) is 4.39 Å². The highest BCUT2D eigenvalue weighted by Gasteiger charge is 2.08. The summed E-state index contributed by atoms with van der Waals surface area (Å²) in [4.78, 5) is 2.73. The molecule has 70 valence electrons. The molecule has 1 aromatic carbocycles. The molecule has 0 amide bonds. The van der Waals surface area contributed by atoms with Gasteiger partial charge in [-0.05, 0) is 11.6 Å². The Kier molecular flexibility index (Phi) is 1.86. The molecule has 1 heterocycles. The number of aromatic amines is 1. The second-order valence-corrected chi connectivity index (χ2v) is 3.00. The van der Waals surface area contributed by atoms with Gasteiger partial charge in [0.1, 0.15) is 5.75 Å². The fraction of sp³-hybridized carbons (Fsp3) is 0.100. The van der Waals surface area contributed by atoms with Crippen LogP contribution in [0.1, 0.15) is 5.56 Å². The van der Waals surface area contributed by atoms with E-state index in [-0.39, 0.29) is 12.2 Å². The Hall–Kier alpha value is -2.02. The molecular weight excluding hydrogens is 183 g/mol. The minimum atomic E-state index is -0.510. The summed E-state index contributed by atoms with van der Waals surface area (Å²) in [6.45, 7) is 0. The topological polar surface area (TPSA) is 59.8 Å². The van der Waals surface area contributed by atoms with E-state index < -0.39 is 5.82 Å². The van der Waals surface area contributed by atoms with E-state index >= 15 is 0 Å². The molecule has 0 fully saturated rings. The molecule has 3 nitrogen and oxygen atoms in total. The summed E-state index contributed by atoms with van der Waals surface area (Å²) in [5.74, 6) is -0.641. The molecule has 0 saturated carbocycles. The van der Waals surface area contributed by atoms with Gasteiger partial charge in [0.05, 0.1) is 18.0 Å². The molecule has 0 bridgehead atoms. The van der Waals surface area contributed by atoms with Crippen molar-refractivity contribution in [2.45, 2.75) is 6.42 Å². The van der Waals surface area contributed by atoms with Crippen LogP contribution >= 0.6 is 0 Å². The number of nitriles is 1. The second-order valence-electron chi connectivity index (χ2n) is 3.00. The van der Waals surface area contributed by atoms with Gasteiger partial charge in [0.2, 0.25) is 0 Å². The van der Waals surface area contributed by atoms with E-state index in [0.29, 0.717) is 16.5 Å². The van der Waals surface area contributed by atoms with Crippen LogP contribution in [0.3, 0.4) is 0 Å². The van der Waals surface area contributed by atoms with E-state index in [2.05, 4.69) is 4.98 Å². The Morgan fingerprint density at radius 2 is 2.29 bits per heavy atom. The maximum atomic E-state index is 13.2. The number of halogens is 1. The van der Waals surface area contributed by atoms with Crippen molar-refractivity contribution in [2.24, 2.45) is 0 Å². The quantitative estimate of drug-likeness (QED) is 0.723. The number of hydrogen-bond donors (Lipinski definition) is 2. The first-order chi connectivity index (χ1) is 6.72. The van der Waals surface area contributed by atoms with Crippen LogP contribution in [-0.4, -0.2) is 10.1 Å². The van der Waals surface area contributed by atoms with Crippen LogP contribution in [0, 0.1) is 17.1 Å². The minimum absolute atomic E-state index is 0.131. The first kappa shape index (κ1) is 8.57. The Morgan fingerprint density at radius 1 is 1.50 bits per heavy atom. The van der Waals surface area contributed by atoms with Crippen molar-refractivity contribution in [3.8, 4) is 11.8 Å². The third-order valence-corrected chi connectivity index (χ3v) is 2.08. The van der Waals surface area contributed by atoms with Gasteiger partial charge in [0.15, 0.2) is 5.82 Å². The lowest BCUT2D eigenvalue weighted by atomic mass is 10.1. The molecule has 0 aliphatic rings. The van der Waals surface area contributed by atoms with Gasteiger partial charge in [0.25, 0.3) is 0 Å². The minimum Gasteiger partial charge on any atom is -0.508 e. The molecule has 2 N–H and O–H groups in total. The number of nitrogens with one attached hydrogen (secondary N) is 1. The Bertz CT molecular complexity index is 525. The summed E-state index contributed by atoms with van der Waals surface area (Å²) in [7, 11) is 0. The Labute approximate surface area is 79.4 Å². The van der Waals surface area contributed by atoms with Gasteiger partial charge < -0.3 is 10.1 Å². The van der Waals surface area contributed by atoms with E-state index in [1.165, 1.54) is 6.07 Å². The maximum absolute atomic E-state index is 13.2. The number of nitrogens with zero attached hydrogens (tertiary/aromatic N) is 1. The molecule has 0 radical (unpaired) electrons. The number of rotatable bonds is 1. The average molecular weight is 190 g/mol. The molecule has 2 aromatic rings. The molecule has 4 heteroatoms. The molecule has 0 spiro atoms. The van der Waals surface area contributed by atoms with Crippen LogP contribution in [0.2, 0.25) is 0 Å². The van der Waals surface area contributed by atoms with E-state index in [0.717, 1.165) is 6.07 Å². The lowest BCUT2D eigenvalue weighted by Gasteiger charge is -1.96. The monoisotopic (exact) mass is 190 g/mol. The first-order valence-electron chi connectivity index (χ1n) is 4.08. The molecule has 2 rings (SSSR count). The highest BCUT2D eigenvalue weighted by atomic mass is 19.1. The predicted octanol–water partition coefficient (Wildman–Crippen LogP) is 2.08. The van der Waals surface area contributed by atoms with Crippen molar-refractivity contribution >= 4 is 10.9 Å². The number of hydrogen-bond acceptors (Lipinski definition) is 2. The Balaban J connectivity index is 2.73. The molecule has 0 atom stereocenters. The summed E-state index contributed by atoms with van der Waals surface area (Å²) >= 11 is 0. The molecular formula is C10H7FN2O. The number of aromatic nitrogens is 1. The fourth-order valence-electron chi connectivity index (χ4n) is 1.46.